The molecule has 0 N–H and O–H groups in total. The van der Waals surface area contributed by atoms with Crippen molar-refractivity contribution in [1.82, 2.24) is 0 Å². The van der Waals surface area contributed by atoms with Crippen LogP contribution in [0.5, 0.6) is 0 Å². The lowest BCUT2D eigenvalue weighted by Crippen LogP contribution is -2.42. The summed E-state index contributed by atoms with van der Waals surface area (Å²) < 4.78 is 5.98. The molecule has 0 aromatic carbocycles. The second kappa shape index (κ2) is 6.95. The first-order valence-electron chi connectivity index (χ1n) is 8.48. The summed E-state index contributed by atoms with van der Waals surface area (Å²) >= 11 is 0. The number of carbonyl (C=O) groups is 1. The summed E-state index contributed by atoms with van der Waals surface area (Å²) in [5.41, 5.74) is -0.630. The third kappa shape index (κ3) is 4.23. The highest BCUT2D eigenvalue weighted by Gasteiger charge is 2.40. The number of esters is 1. The van der Waals surface area contributed by atoms with Gasteiger partial charge < -0.3 is 4.74 Å². The molecule has 0 bridgehead atoms. The van der Waals surface area contributed by atoms with E-state index in [1.807, 2.05) is 0 Å². The van der Waals surface area contributed by atoms with Gasteiger partial charge >= 0.3 is 5.97 Å². The van der Waals surface area contributed by atoms with Crippen LogP contribution in [0.4, 0.5) is 0 Å². The van der Waals surface area contributed by atoms with E-state index in [9.17, 15) is 4.79 Å². The number of hydrogen-bond acceptors (Lipinski definition) is 2. The molecule has 2 heteroatoms. The van der Waals surface area contributed by atoms with Crippen LogP contribution in [0, 0.1) is 17.3 Å². The van der Waals surface area contributed by atoms with E-state index in [0.29, 0.717) is 5.92 Å². The number of hydrogen-bond donors (Lipinski definition) is 0. The van der Waals surface area contributed by atoms with Gasteiger partial charge in [0.2, 0.25) is 0 Å². The van der Waals surface area contributed by atoms with Gasteiger partial charge in [-0.25, -0.2) is 0 Å². The van der Waals surface area contributed by atoms with Gasteiger partial charge in [-0.15, -0.1) is 0 Å². The van der Waals surface area contributed by atoms with Crippen molar-refractivity contribution in [1.29, 1.82) is 0 Å². The summed E-state index contributed by atoms with van der Waals surface area (Å²) in [6.07, 6.45) is 7.73. The van der Waals surface area contributed by atoms with Crippen molar-refractivity contribution >= 4 is 5.97 Å². The maximum Gasteiger partial charge on any atom is 0.312 e. The average molecular weight is 282 g/mol. The Hall–Kier alpha value is -0.530. The molecule has 20 heavy (non-hydrogen) atoms. The maximum absolute atomic E-state index is 12.6. The molecular weight excluding hydrogens is 248 g/mol. The van der Waals surface area contributed by atoms with E-state index in [-0.39, 0.29) is 17.0 Å². The summed E-state index contributed by atoms with van der Waals surface area (Å²) in [5.74, 6) is 1.36. The van der Waals surface area contributed by atoms with E-state index in [2.05, 4.69) is 41.5 Å². The van der Waals surface area contributed by atoms with Crippen LogP contribution < -0.4 is 0 Å². The minimum Gasteiger partial charge on any atom is -0.459 e. The smallest absolute Gasteiger partial charge is 0.312 e. The lowest BCUT2D eigenvalue weighted by Gasteiger charge is -2.40. The highest BCUT2D eigenvalue weighted by Crippen LogP contribution is 2.39. The maximum atomic E-state index is 12.6. The van der Waals surface area contributed by atoms with Gasteiger partial charge in [-0.3, -0.25) is 4.79 Å². The molecule has 1 rings (SSSR count). The predicted octanol–water partition coefficient (Wildman–Crippen LogP) is 5.35. The first-order valence-corrected chi connectivity index (χ1v) is 8.48. The molecule has 1 fully saturated rings. The van der Waals surface area contributed by atoms with Crippen molar-refractivity contribution in [2.24, 2.45) is 17.3 Å². The molecule has 2 nitrogen and oxygen atoms in total. The van der Waals surface area contributed by atoms with Crippen LogP contribution in [0.2, 0.25) is 0 Å². The summed E-state index contributed by atoms with van der Waals surface area (Å²) in [6.45, 7) is 12.8. The van der Waals surface area contributed by atoms with Crippen LogP contribution in [0.3, 0.4) is 0 Å². The molecule has 1 atom stereocenters. The van der Waals surface area contributed by atoms with Gasteiger partial charge in [-0.05, 0) is 58.3 Å². The molecule has 0 aliphatic heterocycles. The SMILES string of the molecule is CCCC(C)(CC)C(=O)OC(C)(C)C1CCC(C)CC1. The van der Waals surface area contributed by atoms with E-state index >= 15 is 0 Å². The van der Waals surface area contributed by atoms with Crippen molar-refractivity contribution in [2.45, 2.75) is 92.1 Å². The Morgan fingerprint density at radius 2 is 1.65 bits per heavy atom. The van der Waals surface area contributed by atoms with Gasteiger partial charge in [0.1, 0.15) is 5.60 Å². The molecule has 0 heterocycles. The first-order chi connectivity index (χ1) is 9.25. The molecule has 0 saturated heterocycles. The van der Waals surface area contributed by atoms with Crippen LogP contribution in [0.25, 0.3) is 0 Å². The molecule has 1 aliphatic rings. The standard InChI is InChI=1S/C18H34O2/c1-7-13-18(6,8-2)16(19)20-17(4,5)15-11-9-14(3)10-12-15/h14-15H,7-13H2,1-6H3. The molecule has 0 aromatic rings. The number of ether oxygens (including phenoxy) is 1. The van der Waals surface area contributed by atoms with Crippen molar-refractivity contribution in [3.8, 4) is 0 Å². The Morgan fingerprint density at radius 3 is 2.10 bits per heavy atom. The minimum atomic E-state index is -0.318. The number of rotatable bonds is 6. The minimum absolute atomic E-state index is 0.00507. The fourth-order valence-corrected chi connectivity index (χ4v) is 3.38. The lowest BCUT2D eigenvalue weighted by atomic mass is 9.75. The van der Waals surface area contributed by atoms with Crippen LogP contribution >= 0.6 is 0 Å². The van der Waals surface area contributed by atoms with Crippen LogP contribution in [-0.4, -0.2) is 11.6 Å². The first kappa shape index (κ1) is 17.5. The van der Waals surface area contributed by atoms with Crippen molar-refractivity contribution < 1.29 is 9.53 Å². The van der Waals surface area contributed by atoms with Gasteiger partial charge in [-0.2, -0.15) is 0 Å². The molecule has 0 radical (unpaired) electrons. The lowest BCUT2D eigenvalue weighted by molar-refractivity contribution is -0.175. The molecule has 0 aromatic heterocycles. The summed E-state index contributed by atoms with van der Waals surface area (Å²) in [6, 6.07) is 0. The van der Waals surface area contributed by atoms with Crippen molar-refractivity contribution in [3.05, 3.63) is 0 Å². The van der Waals surface area contributed by atoms with E-state index < -0.39 is 0 Å². The van der Waals surface area contributed by atoms with Crippen molar-refractivity contribution in [3.63, 3.8) is 0 Å². The monoisotopic (exact) mass is 282 g/mol. The molecular formula is C18H34O2. The highest BCUT2D eigenvalue weighted by atomic mass is 16.6. The molecule has 1 aliphatic carbocycles. The zero-order valence-electron chi connectivity index (χ0n) is 14.4. The predicted molar refractivity (Wildman–Crippen MR) is 84.6 cm³/mol. The Bertz CT molecular complexity index is 313. The summed E-state index contributed by atoms with van der Waals surface area (Å²) in [7, 11) is 0. The Labute approximate surface area is 125 Å². The second-order valence-corrected chi connectivity index (χ2v) is 7.61. The van der Waals surface area contributed by atoms with Gasteiger partial charge in [0.05, 0.1) is 5.41 Å². The van der Waals surface area contributed by atoms with E-state index in [0.717, 1.165) is 25.2 Å². The quantitative estimate of drug-likeness (QED) is 0.614. The van der Waals surface area contributed by atoms with E-state index in [1.54, 1.807) is 0 Å². The van der Waals surface area contributed by atoms with Gasteiger partial charge in [0.25, 0.3) is 0 Å². The van der Waals surface area contributed by atoms with Crippen LogP contribution in [0.15, 0.2) is 0 Å². The van der Waals surface area contributed by atoms with Crippen LogP contribution in [0.1, 0.15) is 86.5 Å². The summed E-state index contributed by atoms with van der Waals surface area (Å²) in [5, 5.41) is 0. The normalized spacial score (nSPS) is 26.9. The second-order valence-electron chi connectivity index (χ2n) is 7.61. The third-order valence-corrected chi connectivity index (χ3v) is 5.43. The fourth-order valence-electron chi connectivity index (χ4n) is 3.38. The zero-order chi connectivity index (χ0) is 15.4. The third-order valence-electron chi connectivity index (χ3n) is 5.43. The molecule has 118 valence electrons. The largest absolute Gasteiger partial charge is 0.459 e. The van der Waals surface area contributed by atoms with Gasteiger partial charge in [0, 0.05) is 0 Å². The van der Waals surface area contributed by atoms with E-state index in [1.165, 1.54) is 25.7 Å². The van der Waals surface area contributed by atoms with Crippen LogP contribution in [-0.2, 0) is 9.53 Å². The average Bonchev–Trinajstić information content (AvgIpc) is 2.38. The fraction of sp³-hybridized carbons (Fsp3) is 0.944. The summed E-state index contributed by atoms with van der Waals surface area (Å²) in [4.78, 5) is 12.6. The van der Waals surface area contributed by atoms with Gasteiger partial charge in [0.15, 0.2) is 0 Å². The topological polar surface area (TPSA) is 26.3 Å². The Kier molecular flexibility index (Phi) is 6.09. The van der Waals surface area contributed by atoms with Gasteiger partial charge in [-0.1, -0.05) is 40.0 Å². The zero-order valence-corrected chi connectivity index (χ0v) is 14.4. The number of carbonyl (C=O) groups excluding carboxylic acids is 1. The molecule has 1 saturated carbocycles. The molecule has 0 spiro atoms. The highest BCUT2D eigenvalue weighted by molar-refractivity contribution is 5.76. The molecule has 1 unspecified atom stereocenters. The Morgan fingerprint density at radius 1 is 1.10 bits per heavy atom. The van der Waals surface area contributed by atoms with Crippen molar-refractivity contribution in [2.75, 3.05) is 0 Å². The van der Waals surface area contributed by atoms with E-state index in [4.69, 9.17) is 4.74 Å². The molecule has 0 amide bonds. The Balaban J connectivity index is 2.67.